The van der Waals surface area contributed by atoms with E-state index in [9.17, 15) is 4.79 Å². The number of hydrogen-bond donors (Lipinski definition) is 1. The lowest BCUT2D eigenvalue weighted by atomic mass is 10.1. The van der Waals surface area contributed by atoms with Gasteiger partial charge in [0.05, 0.1) is 11.7 Å². The second kappa shape index (κ2) is 7.04. The standard InChI is InChI=1S/C15H18N2O3/c1-17(11-14-5-3-7-20-14)15(19)13-8-12(4-2-6-18)9-16-10-13/h8-10,14,18H,3,5-7,11H2,1H3. The van der Waals surface area contributed by atoms with Gasteiger partial charge in [-0.3, -0.25) is 9.78 Å². The van der Waals surface area contributed by atoms with Crippen LogP contribution in [0.3, 0.4) is 0 Å². The molecule has 1 aromatic rings. The van der Waals surface area contributed by atoms with Gasteiger partial charge in [-0.25, -0.2) is 0 Å². The molecular weight excluding hydrogens is 256 g/mol. The molecule has 0 radical (unpaired) electrons. The van der Waals surface area contributed by atoms with Crippen LogP contribution in [0.1, 0.15) is 28.8 Å². The lowest BCUT2D eigenvalue weighted by molar-refractivity contribution is 0.0586. The lowest BCUT2D eigenvalue weighted by Gasteiger charge is -2.20. The van der Waals surface area contributed by atoms with Crippen molar-refractivity contribution in [2.75, 3.05) is 26.8 Å². The van der Waals surface area contributed by atoms with Crippen LogP contribution in [0.4, 0.5) is 0 Å². The molecular formula is C15H18N2O3. The van der Waals surface area contributed by atoms with Crippen molar-refractivity contribution in [2.45, 2.75) is 18.9 Å². The first-order chi connectivity index (χ1) is 9.70. The topological polar surface area (TPSA) is 62.7 Å². The summed E-state index contributed by atoms with van der Waals surface area (Å²) < 4.78 is 5.53. The minimum Gasteiger partial charge on any atom is -0.384 e. The van der Waals surface area contributed by atoms with Crippen LogP contribution in [0.25, 0.3) is 0 Å². The van der Waals surface area contributed by atoms with Gasteiger partial charge < -0.3 is 14.7 Å². The van der Waals surface area contributed by atoms with Gasteiger partial charge in [-0.1, -0.05) is 11.8 Å². The van der Waals surface area contributed by atoms with Crippen LogP contribution >= 0.6 is 0 Å². The van der Waals surface area contributed by atoms with Gasteiger partial charge in [0.1, 0.15) is 6.61 Å². The zero-order valence-corrected chi connectivity index (χ0v) is 11.5. The Kier molecular flexibility index (Phi) is 5.10. The minimum absolute atomic E-state index is 0.0966. The van der Waals surface area contributed by atoms with E-state index in [0.717, 1.165) is 19.4 Å². The van der Waals surface area contributed by atoms with Crippen molar-refractivity contribution in [3.8, 4) is 11.8 Å². The number of hydrogen-bond acceptors (Lipinski definition) is 4. The number of likely N-dealkylation sites (N-methyl/N-ethyl adjacent to an activating group) is 1. The maximum atomic E-state index is 12.3. The molecule has 0 spiro atoms. The molecule has 1 N–H and O–H groups in total. The first kappa shape index (κ1) is 14.5. The normalized spacial score (nSPS) is 17.4. The Balaban J connectivity index is 2.03. The zero-order valence-electron chi connectivity index (χ0n) is 11.5. The van der Waals surface area contributed by atoms with E-state index in [-0.39, 0.29) is 18.6 Å². The lowest BCUT2D eigenvalue weighted by Crippen LogP contribution is -2.34. The summed E-state index contributed by atoms with van der Waals surface area (Å²) in [4.78, 5) is 18.0. The van der Waals surface area contributed by atoms with Gasteiger partial charge in [-0.05, 0) is 18.9 Å². The molecule has 0 saturated carbocycles. The van der Waals surface area contributed by atoms with Crippen LogP contribution in [-0.2, 0) is 4.74 Å². The van der Waals surface area contributed by atoms with E-state index < -0.39 is 0 Å². The highest BCUT2D eigenvalue weighted by molar-refractivity contribution is 5.94. The van der Waals surface area contributed by atoms with E-state index in [2.05, 4.69) is 16.8 Å². The van der Waals surface area contributed by atoms with Crippen molar-refractivity contribution >= 4 is 5.91 Å². The van der Waals surface area contributed by atoms with Crippen molar-refractivity contribution in [1.29, 1.82) is 0 Å². The number of ether oxygens (including phenoxy) is 1. The fourth-order valence-corrected chi connectivity index (χ4v) is 2.16. The van der Waals surface area contributed by atoms with Gasteiger partial charge in [-0.15, -0.1) is 0 Å². The molecule has 5 heteroatoms. The molecule has 0 aromatic carbocycles. The molecule has 1 aliphatic rings. The van der Waals surface area contributed by atoms with Crippen LogP contribution in [0.2, 0.25) is 0 Å². The Hall–Kier alpha value is -1.90. The number of rotatable bonds is 3. The molecule has 1 saturated heterocycles. The summed E-state index contributed by atoms with van der Waals surface area (Å²) in [5.41, 5.74) is 1.12. The Morgan fingerprint density at radius 1 is 1.60 bits per heavy atom. The fourth-order valence-electron chi connectivity index (χ4n) is 2.16. The predicted molar refractivity (Wildman–Crippen MR) is 74.1 cm³/mol. The van der Waals surface area contributed by atoms with Gasteiger partial charge >= 0.3 is 0 Å². The fraction of sp³-hybridized carbons (Fsp3) is 0.467. The Morgan fingerprint density at radius 3 is 3.15 bits per heavy atom. The van der Waals surface area contributed by atoms with Crippen molar-refractivity contribution in [3.05, 3.63) is 29.6 Å². The summed E-state index contributed by atoms with van der Waals surface area (Å²) in [5, 5.41) is 8.67. The highest BCUT2D eigenvalue weighted by Crippen LogP contribution is 2.14. The van der Waals surface area contributed by atoms with Gasteiger partial charge in [0.25, 0.3) is 5.91 Å². The van der Waals surface area contributed by atoms with Gasteiger partial charge in [0.2, 0.25) is 0 Å². The van der Waals surface area contributed by atoms with Crippen LogP contribution < -0.4 is 0 Å². The average Bonchev–Trinajstić information content (AvgIpc) is 2.97. The maximum Gasteiger partial charge on any atom is 0.255 e. The first-order valence-corrected chi connectivity index (χ1v) is 6.62. The number of nitrogens with zero attached hydrogens (tertiary/aromatic N) is 2. The number of aliphatic hydroxyl groups excluding tert-OH is 1. The minimum atomic E-state index is -0.211. The molecule has 0 bridgehead atoms. The van der Waals surface area contributed by atoms with Gasteiger partial charge in [0.15, 0.2) is 0 Å². The summed E-state index contributed by atoms with van der Waals surface area (Å²) in [5.74, 6) is 5.19. The maximum absolute atomic E-state index is 12.3. The van der Waals surface area contributed by atoms with E-state index in [4.69, 9.17) is 9.84 Å². The van der Waals surface area contributed by atoms with Crippen molar-refractivity contribution in [2.24, 2.45) is 0 Å². The van der Waals surface area contributed by atoms with E-state index in [1.54, 1.807) is 24.2 Å². The van der Waals surface area contributed by atoms with Crippen LogP contribution in [0, 0.1) is 11.8 Å². The molecule has 5 nitrogen and oxygen atoms in total. The predicted octanol–water partition coefficient (Wildman–Crippen LogP) is 0.676. The third-order valence-electron chi connectivity index (χ3n) is 3.15. The van der Waals surface area contributed by atoms with Gasteiger partial charge in [0, 0.05) is 38.2 Å². The largest absolute Gasteiger partial charge is 0.384 e. The quantitative estimate of drug-likeness (QED) is 0.823. The smallest absolute Gasteiger partial charge is 0.255 e. The molecule has 2 heterocycles. The van der Waals surface area contributed by atoms with Crippen LogP contribution in [-0.4, -0.2) is 53.8 Å². The number of pyridine rings is 1. The second-order valence-electron chi connectivity index (χ2n) is 4.74. The van der Waals surface area contributed by atoms with E-state index in [0.29, 0.717) is 17.7 Å². The van der Waals surface area contributed by atoms with Crippen molar-refractivity contribution < 1.29 is 14.6 Å². The average molecular weight is 274 g/mol. The van der Waals surface area contributed by atoms with Crippen molar-refractivity contribution in [1.82, 2.24) is 9.88 Å². The third kappa shape index (κ3) is 3.80. The first-order valence-electron chi connectivity index (χ1n) is 6.62. The van der Waals surface area contributed by atoms with E-state index in [1.165, 1.54) is 6.20 Å². The van der Waals surface area contributed by atoms with Crippen LogP contribution in [0.15, 0.2) is 18.5 Å². The molecule has 0 aliphatic carbocycles. The molecule has 1 fully saturated rings. The number of carbonyl (C=O) groups is 1. The van der Waals surface area contributed by atoms with Crippen molar-refractivity contribution in [3.63, 3.8) is 0 Å². The summed E-state index contributed by atoms with van der Waals surface area (Å²) in [6, 6.07) is 1.68. The molecule has 1 unspecified atom stereocenters. The number of carbonyl (C=O) groups excluding carboxylic acids is 1. The summed E-state index contributed by atoms with van der Waals surface area (Å²) in [6.07, 6.45) is 5.28. The van der Waals surface area contributed by atoms with Crippen LogP contribution in [0.5, 0.6) is 0 Å². The Bertz CT molecular complexity index is 527. The third-order valence-corrected chi connectivity index (χ3v) is 3.15. The molecule has 1 aromatic heterocycles. The molecule has 20 heavy (non-hydrogen) atoms. The molecule has 2 rings (SSSR count). The number of amides is 1. The highest BCUT2D eigenvalue weighted by atomic mass is 16.5. The zero-order chi connectivity index (χ0) is 14.4. The SMILES string of the molecule is CN(CC1CCCO1)C(=O)c1cncc(C#CCO)c1. The molecule has 1 aliphatic heterocycles. The molecule has 106 valence electrons. The van der Waals surface area contributed by atoms with E-state index in [1.807, 2.05) is 0 Å². The molecule has 1 atom stereocenters. The second-order valence-corrected chi connectivity index (χ2v) is 4.74. The summed E-state index contributed by atoms with van der Waals surface area (Å²) in [7, 11) is 1.76. The summed E-state index contributed by atoms with van der Waals surface area (Å²) >= 11 is 0. The highest BCUT2D eigenvalue weighted by Gasteiger charge is 2.21. The monoisotopic (exact) mass is 274 g/mol. The Labute approximate surface area is 118 Å². The number of aliphatic hydroxyl groups is 1. The number of aromatic nitrogens is 1. The summed E-state index contributed by atoms with van der Waals surface area (Å²) in [6.45, 7) is 1.16. The Morgan fingerprint density at radius 2 is 2.45 bits per heavy atom. The van der Waals surface area contributed by atoms with Gasteiger partial charge in [-0.2, -0.15) is 0 Å². The molecule has 1 amide bonds. The van der Waals surface area contributed by atoms with E-state index >= 15 is 0 Å².